The minimum atomic E-state index is 1.01. The quantitative estimate of drug-likeness (QED) is 0.660. The molecule has 0 radical (unpaired) electrons. The number of nitrogens with one attached hydrogen (secondary N) is 1. The maximum absolute atomic E-state index is 4.27. The minimum absolute atomic E-state index is 1.01. The molecule has 0 unspecified atom stereocenters. The summed E-state index contributed by atoms with van der Waals surface area (Å²) >= 11 is 0. The molecule has 4 nitrogen and oxygen atoms in total. The van der Waals surface area contributed by atoms with E-state index in [4.69, 9.17) is 0 Å². The van der Waals surface area contributed by atoms with Gasteiger partial charge in [-0.2, -0.15) is 0 Å². The number of nitrogens with zero attached hydrogens (tertiary/aromatic N) is 3. The average Bonchev–Trinajstić information content (AvgIpc) is 2.53. The van der Waals surface area contributed by atoms with Crippen LogP contribution in [0.15, 0.2) is 12.4 Å². The molecule has 66 valence electrons. The summed E-state index contributed by atoms with van der Waals surface area (Å²) in [6.07, 6.45) is 6.30. The second-order valence-electron chi connectivity index (χ2n) is 3.11. The number of hydrogen-bond donors (Lipinski definition) is 1. The van der Waals surface area contributed by atoms with E-state index in [2.05, 4.69) is 15.4 Å². The number of anilines is 1. The van der Waals surface area contributed by atoms with Gasteiger partial charge in [-0.15, -0.1) is 0 Å². The number of hydrogen-bond acceptors (Lipinski definition) is 3. The SMILES string of the molecule is Cn1ccnc1N1CCCCN1. The molecular weight excluding hydrogens is 152 g/mol. The summed E-state index contributed by atoms with van der Waals surface area (Å²) in [6, 6.07) is 0. The van der Waals surface area contributed by atoms with Crippen molar-refractivity contribution in [2.45, 2.75) is 12.8 Å². The molecule has 0 spiro atoms. The Balaban J connectivity index is 2.13. The molecule has 12 heavy (non-hydrogen) atoms. The highest BCUT2D eigenvalue weighted by Crippen LogP contribution is 2.10. The first-order valence-corrected chi connectivity index (χ1v) is 4.36. The van der Waals surface area contributed by atoms with Gasteiger partial charge in [-0.1, -0.05) is 0 Å². The zero-order chi connectivity index (χ0) is 8.39. The highest BCUT2D eigenvalue weighted by molar-refractivity contribution is 5.29. The summed E-state index contributed by atoms with van der Waals surface area (Å²) in [6.45, 7) is 2.12. The van der Waals surface area contributed by atoms with E-state index in [1.165, 1.54) is 12.8 Å². The molecule has 2 rings (SSSR count). The fraction of sp³-hybridized carbons (Fsp3) is 0.625. The van der Waals surface area contributed by atoms with E-state index in [1.807, 2.05) is 24.0 Å². The van der Waals surface area contributed by atoms with Crippen molar-refractivity contribution in [3.63, 3.8) is 0 Å². The van der Waals surface area contributed by atoms with Crippen molar-refractivity contribution >= 4 is 5.95 Å². The van der Waals surface area contributed by atoms with Gasteiger partial charge in [0.1, 0.15) is 0 Å². The summed E-state index contributed by atoms with van der Waals surface area (Å²) in [5.41, 5.74) is 3.31. The number of rotatable bonds is 1. The van der Waals surface area contributed by atoms with Gasteiger partial charge in [-0.3, -0.25) is 5.01 Å². The van der Waals surface area contributed by atoms with Crippen LogP contribution < -0.4 is 10.4 Å². The Kier molecular flexibility index (Phi) is 1.99. The first kappa shape index (κ1) is 7.61. The van der Waals surface area contributed by atoms with Crippen molar-refractivity contribution in [2.75, 3.05) is 18.1 Å². The molecule has 1 fully saturated rings. The van der Waals surface area contributed by atoms with Crippen LogP contribution in [0.5, 0.6) is 0 Å². The summed E-state index contributed by atoms with van der Waals surface area (Å²) in [5, 5.41) is 2.11. The molecule has 1 aromatic rings. The fourth-order valence-electron chi connectivity index (χ4n) is 1.48. The molecule has 0 amide bonds. The van der Waals surface area contributed by atoms with E-state index in [9.17, 15) is 0 Å². The van der Waals surface area contributed by atoms with Crippen LogP contribution in [0.3, 0.4) is 0 Å². The second kappa shape index (κ2) is 3.15. The summed E-state index contributed by atoms with van der Waals surface area (Å²) in [4.78, 5) is 4.27. The number of imidazole rings is 1. The molecule has 0 aromatic carbocycles. The lowest BCUT2D eigenvalue weighted by molar-refractivity contribution is 0.497. The Morgan fingerprint density at radius 3 is 3.00 bits per heavy atom. The molecule has 0 saturated carbocycles. The molecule has 0 atom stereocenters. The predicted octanol–water partition coefficient (Wildman–Crippen LogP) is 0.525. The van der Waals surface area contributed by atoms with Crippen LogP contribution in [0.25, 0.3) is 0 Å². The molecule has 1 saturated heterocycles. The van der Waals surface area contributed by atoms with Crippen LogP contribution >= 0.6 is 0 Å². The normalized spacial score (nSPS) is 18.2. The number of hydrazine groups is 1. The molecule has 0 bridgehead atoms. The van der Waals surface area contributed by atoms with Gasteiger partial charge < -0.3 is 4.57 Å². The minimum Gasteiger partial charge on any atom is -0.319 e. The van der Waals surface area contributed by atoms with Gasteiger partial charge in [-0.25, -0.2) is 10.4 Å². The van der Waals surface area contributed by atoms with Crippen molar-refractivity contribution in [1.82, 2.24) is 15.0 Å². The third-order valence-corrected chi connectivity index (χ3v) is 2.15. The van der Waals surface area contributed by atoms with Crippen LogP contribution in [0.2, 0.25) is 0 Å². The molecule has 4 heteroatoms. The van der Waals surface area contributed by atoms with Gasteiger partial charge in [0.2, 0.25) is 5.95 Å². The highest BCUT2D eigenvalue weighted by Gasteiger charge is 2.12. The molecular formula is C8H14N4. The van der Waals surface area contributed by atoms with Crippen LogP contribution in [0.1, 0.15) is 12.8 Å². The van der Waals surface area contributed by atoms with Crippen molar-refractivity contribution < 1.29 is 0 Å². The predicted molar refractivity (Wildman–Crippen MR) is 47.8 cm³/mol. The fourth-order valence-corrected chi connectivity index (χ4v) is 1.48. The smallest absolute Gasteiger partial charge is 0.219 e. The van der Waals surface area contributed by atoms with Crippen LogP contribution in [0.4, 0.5) is 5.95 Å². The number of aromatic nitrogens is 2. The molecule has 0 aliphatic carbocycles. The van der Waals surface area contributed by atoms with Crippen molar-refractivity contribution in [2.24, 2.45) is 7.05 Å². The third-order valence-electron chi connectivity index (χ3n) is 2.15. The maximum Gasteiger partial charge on any atom is 0.219 e. The van der Waals surface area contributed by atoms with Gasteiger partial charge in [0.05, 0.1) is 0 Å². The second-order valence-corrected chi connectivity index (χ2v) is 3.11. The third kappa shape index (κ3) is 1.30. The van der Waals surface area contributed by atoms with Crippen LogP contribution in [-0.4, -0.2) is 22.6 Å². The average molecular weight is 166 g/mol. The van der Waals surface area contributed by atoms with Gasteiger partial charge in [0.25, 0.3) is 0 Å². The van der Waals surface area contributed by atoms with Crippen molar-refractivity contribution in [3.8, 4) is 0 Å². The molecule has 1 aliphatic rings. The van der Waals surface area contributed by atoms with E-state index < -0.39 is 0 Å². The standard InChI is InChI=1S/C8H14N4/c1-11-7-5-9-8(11)12-6-3-2-4-10-12/h5,7,10H,2-4,6H2,1H3. The zero-order valence-corrected chi connectivity index (χ0v) is 7.32. The van der Waals surface area contributed by atoms with Crippen LogP contribution in [-0.2, 0) is 7.05 Å². The molecule has 1 aromatic heterocycles. The Morgan fingerprint density at radius 2 is 2.42 bits per heavy atom. The van der Waals surface area contributed by atoms with Gasteiger partial charge in [0.15, 0.2) is 0 Å². The largest absolute Gasteiger partial charge is 0.319 e. The molecule has 2 heterocycles. The van der Waals surface area contributed by atoms with E-state index in [-0.39, 0.29) is 0 Å². The zero-order valence-electron chi connectivity index (χ0n) is 7.32. The lowest BCUT2D eigenvalue weighted by Gasteiger charge is -2.28. The molecule has 1 N–H and O–H groups in total. The molecule has 1 aliphatic heterocycles. The van der Waals surface area contributed by atoms with Gasteiger partial charge in [0, 0.05) is 32.5 Å². The first-order valence-electron chi connectivity index (χ1n) is 4.36. The maximum atomic E-state index is 4.27. The highest BCUT2D eigenvalue weighted by atomic mass is 15.6. The first-order chi connectivity index (χ1) is 5.88. The van der Waals surface area contributed by atoms with Gasteiger partial charge >= 0.3 is 0 Å². The van der Waals surface area contributed by atoms with Crippen molar-refractivity contribution in [1.29, 1.82) is 0 Å². The van der Waals surface area contributed by atoms with E-state index >= 15 is 0 Å². The summed E-state index contributed by atoms with van der Waals surface area (Å²) in [5.74, 6) is 1.01. The Morgan fingerprint density at radius 1 is 1.50 bits per heavy atom. The van der Waals surface area contributed by atoms with Gasteiger partial charge in [-0.05, 0) is 12.8 Å². The lowest BCUT2D eigenvalue weighted by atomic mass is 10.3. The Hall–Kier alpha value is -1.03. The van der Waals surface area contributed by atoms with E-state index in [1.54, 1.807) is 0 Å². The van der Waals surface area contributed by atoms with Crippen molar-refractivity contribution in [3.05, 3.63) is 12.4 Å². The number of aryl methyl sites for hydroxylation is 1. The van der Waals surface area contributed by atoms with E-state index in [0.717, 1.165) is 19.0 Å². The lowest BCUT2D eigenvalue weighted by Crippen LogP contribution is -2.44. The topological polar surface area (TPSA) is 33.1 Å². The Bertz CT molecular complexity index is 249. The monoisotopic (exact) mass is 166 g/mol. The summed E-state index contributed by atoms with van der Waals surface area (Å²) < 4.78 is 2.03. The Labute approximate surface area is 72.2 Å². The van der Waals surface area contributed by atoms with Crippen LogP contribution in [0, 0.1) is 0 Å². The summed E-state index contributed by atoms with van der Waals surface area (Å²) in [7, 11) is 2.01. The van der Waals surface area contributed by atoms with E-state index in [0.29, 0.717) is 0 Å².